The maximum absolute atomic E-state index is 12.3. The van der Waals surface area contributed by atoms with Gasteiger partial charge in [-0.3, -0.25) is 9.78 Å². The molecule has 1 aliphatic carbocycles. The molecule has 0 unspecified atom stereocenters. The van der Waals surface area contributed by atoms with Crippen LogP contribution >= 0.6 is 11.6 Å². The second-order valence-electron chi connectivity index (χ2n) is 4.81. The van der Waals surface area contributed by atoms with E-state index in [9.17, 15) is 4.79 Å². The molecule has 0 bridgehead atoms. The van der Waals surface area contributed by atoms with Gasteiger partial charge in [0.2, 0.25) is 0 Å². The van der Waals surface area contributed by atoms with E-state index < -0.39 is 0 Å². The number of carbonyl (C=O) groups excluding carboxylic acids is 1. The normalized spacial score (nSPS) is 15.1. The van der Waals surface area contributed by atoms with Gasteiger partial charge in [-0.2, -0.15) is 0 Å². The van der Waals surface area contributed by atoms with E-state index in [0.29, 0.717) is 17.7 Å². The van der Waals surface area contributed by atoms with Crippen LogP contribution in [0, 0.1) is 5.92 Å². The summed E-state index contributed by atoms with van der Waals surface area (Å²) in [5.74, 6) is 0.392. The Balaban J connectivity index is 2.15. The van der Waals surface area contributed by atoms with Crippen LogP contribution in [0.5, 0.6) is 0 Å². The number of amides is 1. The van der Waals surface area contributed by atoms with E-state index in [0.717, 1.165) is 19.4 Å². The van der Waals surface area contributed by atoms with Crippen molar-refractivity contribution in [3.05, 3.63) is 23.2 Å². The first-order chi connectivity index (χ1) is 8.08. The first kappa shape index (κ1) is 12.3. The Bertz CT molecular complexity index is 418. The number of nitrogens with zero attached hydrogens (tertiary/aromatic N) is 3. The third-order valence-electron chi connectivity index (χ3n) is 2.63. The van der Waals surface area contributed by atoms with Crippen molar-refractivity contribution in [1.82, 2.24) is 14.9 Å². The standard InChI is InChI=1S/C12H16ClN3O/c1-8(2)7-16(9-3-4-9)12(17)10-5-14-6-11(13)15-10/h5-6,8-9H,3-4,7H2,1-2H3. The van der Waals surface area contributed by atoms with Crippen LogP contribution in [0.2, 0.25) is 5.15 Å². The smallest absolute Gasteiger partial charge is 0.274 e. The van der Waals surface area contributed by atoms with Crippen LogP contribution in [0.25, 0.3) is 0 Å². The van der Waals surface area contributed by atoms with Crippen molar-refractivity contribution >= 4 is 17.5 Å². The fourth-order valence-corrected chi connectivity index (χ4v) is 1.92. The molecule has 0 N–H and O–H groups in total. The zero-order chi connectivity index (χ0) is 12.4. The van der Waals surface area contributed by atoms with Gasteiger partial charge in [-0.15, -0.1) is 0 Å². The van der Waals surface area contributed by atoms with Crippen LogP contribution in [0.4, 0.5) is 0 Å². The molecule has 0 saturated heterocycles. The van der Waals surface area contributed by atoms with Gasteiger partial charge in [-0.05, 0) is 18.8 Å². The fourth-order valence-electron chi connectivity index (χ4n) is 1.77. The van der Waals surface area contributed by atoms with Gasteiger partial charge in [0.15, 0.2) is 0 Å². The van der Waals surface area contributed by atoms with Crippen molar-refractivity contribution in [1.29, 1.82) is 0 Å². The van der Waals surface area contributed by atoms with Gasteiger partial charge < -0.3 is 4.90 Å². The van der Waals surface area contributed by atoms with Crippen LogP contribution < -0.4 is 0 Å². The first-order valence-electron chi connectivity index (χ1n) is 5.86. The summed E-state index contributed by atoms with van der Waals surface area (Å²) in [7, 11) is 0. The summed E-state index contributed by atoms with van der Waals surface area (Å²) < 4.78 is 0. The molecule has 17 heavy (non-hydrogen) atoms. The van der Waals surface area contributed by atoms with Crippen LogP contribution in [-0.2, 0) is 0 Å². The van der Waals surface area contributed by atoms with E-state index in [1.165, 1.54) is 12.4 Å². The number of hydrogen-bond donors (Lipinski definition) is 0. The molecule has 5 heteroatoms. The second kappa shape index (κ2) is 5.00. The van der Waals surface area contributed by atoms with E-state index in [2.05, 4.69) is 23.8 Å². The Morgan fingerprint density at radius 1 is 1.53 bits per heavy atom. The monoisotopic (exact) mass is 253 g/mol. The van der Waals surface area contributed by atoms with E-state index in [-0.39, 0.29) is 11.1 Å². The summed E-state index contributed by atoms with van der Waals surface area (Å²) in [5.41, 5.74) is 0.338. The van der Waals surface area contributed by atoms with Gasteiger partial charge in [-0.25, -0.2) is 4.98 Å². The highest BCUT2D eigenvalue weighted by Crippen LogP contribution is 2.28. The van der Waals surface area contributed by atoms with Gasteiger partial charge in [0.05, 0.1) is 12.4 Å². The molecule has 0 atom stereocenters. The minimum absolute atomic E-state index is 0.0591. The maximum atomic E-state index is 12.3. The largest absolute Gasteiger partial charge is 0.334 e. The predicted octanol–water partition coefficient (Wildman–Crippen LogP) is 2.39. The van der Waals surface area contributed by atoms with Crippen molar-refractivity contribution in [2.45, 2.75) is 32.7 Å². The molecule has 2 rings (SSSR count). The molecule has 1 aromatic rings. The third kappa shape index (κ3) is 3.16. The van der Waals surface area contributed by atoms with Crippen LogP contribution in [-0.4, -0.2) is 33.4 Å². The van der Waals surface area contributed by atoms with E-state index >= 15 is 0 Å². The zero-order valence-electron chi connectivity index (χ0n) is 10.1. The molecule has 1 aliphatic rings. The molecule has 92 valence electrons. The van der Waals surface area contributed by atoms with Crippen molar-refractivity contribution in [2.24, 2.45) is 5.92 Å². The van der Waals surface area contributed by atoms with Crippen molar-refractivity contribution in [3.8, 4) is 0 Å². The van der Waals surface area contributed by atoms with Gasteiger partial charge in [-0.1, -0.05) is 25.4 Å². The average molecular weight is 254 g/mol. The van der Waals surface area contributed by atoms with Crippen molar-refractivity contribution < 1.29 is 4.79 Å². The highest BCUT2D eigenvalue weighted by Gasteiger charge is 2.33. The summed E-state index contributed by atoms with van der Waals surface area (Å²) in [4.78, 5) is 22.1. The number of aromatic nitrogens is 2. The molecule has 1 amide bonds. The lowest BCUT2D eigenvalue weighted by Crippen LogP contribution is -2.36. The van der Waals surface area contributed by atoms with Crippen molar-refractivity contribution in [2.75, 3.05) is 6.54 Å². The van der Waals surface area contributed by atoms with Crippen LogP contribution in [0.3, 0.4) is 0 Å². The quantitative estimate of drug-likeness (QED) is 0.828. The maximum Gasteiger partial charge on any atom is 0.274 e. The Hall–Kier alpha value is -1.16. The van der Waals surface area contributed by atoms with Gasteiger partial charge in [0.25, 0.3) is 5.91 Å². The SMILES string of the molecule is CC(C)CN(C(=O)c1cncc(Cl)n1)C1CC1. The van der Waals surface area contributed by atoms with Crippen LogP contribution in [0.1, 0.15) is 37.2 Å². The topological polar surface area (TPSA) is 46.1 Å². The summed E-state index contributed by atoms with van der Waals surface area (Å²) in [6, 6.07) is 0.380. The van der Waals surface area contributed by atoms with Crippen molar-refractivity contribution in [3.63, 3.8) is 0 Å². The highest BCUT2D eigenvalue weighted by atomic mass is 35.5. The van der Waals surface area contributed by atoms with E-state index in [1.54, 1.807) is 0 Å². The van der Waals surface area contributed by atoms with Gasteiger partial charge in [0.1, 0.15) is 10.8 Å². The molecule has 0 aliphatic heterocycles. The summed E-state index contributed by atoms with van der Waals surface area (Å²) in [6.07, 6.45) is 5.09. The van der Waals surface area contributed by atoms with Crippen LogP contribution in [0.15, 0.2) is 12.4 Å². The molecular weight excluding hydrogens is 238 g/mol. The minimum Gasteiger partial charge on any atom is -0.334 e. The number of rotatable bonds is 4. The third-order valence-corrected chi connectivity index (χ3v) is 2.82. The predicted molar refractivity (Wildman–Crippen MR) is 65.9 cm³/mol. The molecule has 1 saturated carbocycles. The lowest BCUT2D eigenvalue weighted by Gasteiger charge is -2.23. The number of carbonyl (C=O) groups is 1. The summed E-state index contributed by atoms with van der Waals surface area (Å²) in [5, 5.41) is 0.260. The highest BCUT2D eigenvalue weighted by molar-refractivity contribution is 6.29. The molecule has 1 heterocycles. The fraction of sp³-hybridized carbons (Fsp3) is 0.583. The molecular formula is C12H16ClN3O. The van der Waals surface area contributed by atoms with Gasteiger partial charge >= 0.3 is 0 Å². The molecule has 1 fully saturated rings. The Labute approximate surface area is 106 Å². The summed E-state index contributed by atoms with van der Waals surface area (Å²) >= 11 is 5.75. The minimum atomic E-state index is -0.0591. The number of hydrogen-bond acceptors (Lipinski definition) is 3. The summed E-state index contributed by atoms with van der Waals surface area (Å²) in [6.45, 7) is 4.97. The Morgan fingerprint density at radius 3 is 2.76 bits per heavy atom. The second-order valence-corrected chi connectivity index (χ2v) is 5.20. The molecule has 4 nitrogen and oxygen atoms in total. The number of halogens is 1. The average Bonchev–Trinajstić information content (AvgIpc) is 3.08. The lowest BCUT2D eigenvalue weighted by molar-refractivity contribution is 0.0716. The van der Waals surface area contributed by atoms with E-state index in [1.807, 2.05) is 4.90 Å². The molecule has 0 spiro atoms. The first-order valence-corrected chi connectivity index (χ1v) is 6.24. The zero-order valence-corrected chi connectivity index (χ0v) is 10.8. The van der Waals surface area contributed by atoms with E-state index in [4.69, 9.17) is 11.6 Å². The van der Waals surface area contributed by atoms with Gasteiger partial charge in [0, 0.05) is 12.6 Å². The Kier molecular flexibility index (Phi) is 3.62. The Morgan fingerprint density at radius 2 is 2.24 bits per heavy atom. The molecule has 0 aromatic carbocycles. The molecule has 0 radical (unpaired) electrons. The molecule has 1 aromatic heterocycles. The lowest BCUT2D eigenvalue weighted by atomic mass is 10.2.